The second-order valence-corrected chi connectivity index (χ2v) is 6.10. The lowest BCUT2D eigenvalue weighted by Gasteiger charge is -2.32. The molecule has 1 aromatic heterocycles. The Hall–Kier alpha value is -1.27. The van der Waals surface area contributed by atoms with E-state index in [1.54, 1.807) is 25.1 Å². The van der Waals surface area contributed by atoms with E-state index in [4.69, 9.17) is 4.74 Å². The lowest BCUT2D eigenvalue weighted by Crippen LogP contribution is -2.46. The van der Waals surface area contributed by atoms with Crippen LogP contribution >= 0.6 is 11.8 Å². The molecule has 0 radical (unpaired) electrons. The largest absolute Gasteiger partial charge is 0.496 e. The second kappa shape index (κ2) is 6.45. The van der Waals surface area contributed by atoms with Gasteiger partial charge in [0.05, 0.1) is 12.8 Å². The molecule has 1 aliphatic rings. The maximum absolute atomic E-state index is 11.3. The predicted molar refractivity (Wildman–Crippen MR) is 79.4 cm³/mol. The summed E-state index contributed by atoms with van der Waals surface area (Å²) in [5, 5.41) is 9.30. The van der Waals surface area contributed by atoms with Gasteiger partial charge in [-0.15, -0.1) is 0 Å². The van der Waals surface area contributed by atoms with E-state index in [-0.39, 0.29) is 0 Å². The SMILES string of the molecule is COc1c(C)cnc(CN2CCSCC2C(=O)O)c1C. The van der Waals surface area contributed by atoms with E-state index in [1.165, 1.54) is 0 Å². The summed E-state index contributed by atoms with van der Waals surface area (Å²) in [6, 6.07) is -0.428. The molecule has 1 aromatic rings. The van der Waals surface area contributed by atoms with Gasteiger partial charge in [-0.3, -0.25) is 14.7 Å². The van der Waals surface area contributed by atoms with Crippen molar-refractivity contribution in [2.45, 2.75) is 26.4 Å². The summed E-state index contributed by atoms with van der Waals surface area (Å²) >= 11 is 1.69. The molecule has 0 aromatic carbocycles. The Morgan fingerprint density at radius 2 is 2.35 bits per heavy atom. The van der Waals surface area contributed by atoms with Gasteiger partial charge in [0.15, 0.2) is 0 Å². The number of rotatable bonds is 4. The number of methoxy groups -OCH3 is 1. The third-order valence-electron chi connectivity index (χ3n) is 3.63. The van der Waals surface area contributed by atoms with Gasteiger partial charge in [0.25, 0.3) is 0 Å². The average molecular weight is 296 g/mol. The van der Waals surface area contributed by atoms with Gasteiger partial charge in [0.2, 0.25) is 0 Å². The quantitative estimate of drug-likeness (QED) is 0.912. The van der Waals surface area contributed by atoms with Crippen molar-refractivity contribution >= 4 is 17.7 Å². The molecule has 110 valence electrons. The number of ether oxygens (including phenoxy) is 1. The first-order valence-electron chi connectivity index (χ1n) is 6.58. The number of hydrogen-bond acceptors (Lipinski definition) is 5. The number of thioether (sulfide) groups is 1. The van der Waals surface area contributed by atoms with Crippen molar-refractivity contribution in [2.24, 2.45) is 0 Å². The van der Waals surface area contributed by atoms with E-state index in [1.807, 2.05) is 18.7 Å². The van der Waals surface area contributed by atoms with E-state index in [9.17, 15) is 9.90 Å². The summed E-state index contributed by atoms with van der Waals surface area (Å²) in [6.07, 6.45) is 1.79. The van der Waals surface area contributed by atoms with Gasteiger partial charge in [-0.1, -0.05) is 0 Å². The number of carboxylic acid groups (broad SMARTS) is 1. The molecule has 6 heteroatoms. The van der Waals surface area contributed by atoms with Crippen molar-refractivity contribution in [3.8, 4) is 5.75 Å². The van der Waals surface area contributed by atoms with Crippen molar-refractivity contribution in [3.63, 3.8) is 0 Å². The maximum Gasteiger partial charge on any atom is 0.321 e. The Bertz CT molecular complexity index is 507. The predicted octanol–water partition coefficient (Wildman–Crippen LogP) is 1.71. The van der Waals surface area contributed by atoms with E-state index in [0.717, 1.165) is 34.9 Å². The fraction of sp³-hybridized carbons (Fsp3) is 0.571. The number of carbonyl (C=O) groups is 1. The summed E-state index contributed by atoms with van der Waals surface area (Å²) < 4.78 is 5.40. The average Bonchev–Trinajstić information content (AvgIpc) is 2.43. The molecule has 0 spiro atoms. The normalized spacial score (nSPS) is 19.9. The van der Waals surface area contributed by atoms with Gasteiger partial charge >= 0.3 is 5.97 Å². The molecule has 0 amide bonds. The van der Waals surface area contributed by atoms with Crippen LogP contribution < -0.4 is 4.74 Å². The number of aromatic nitrogens is 1. The van der Waals surface area contributed by atoms with Crippen LogP contribution in [0.25, 0.3) is 0 Å². The van der Waals surface area contributed by atoms with Crippen LogP contribution in [0, 0.1) is 13.8 Å². The molecule has 0 saturated carbocycles. The monoisotopic (exact) mass is 296 g/mol. The Labute approximate surface area is 123 Å². The molecular weight excluding hydrogens is 276 g/mol. The van der Waals surface area contributed by atoms with E-state index in [0.29, 0.717) is 12.3 Å². The number of aliphatic carboxylic acids is 1. The highest BCUT2D eigenvalue weighted by Crippen LogP contribution is 2.26. The summed E-state index contributed by atoms with van der Waals surface area (Å²) in [6.45, 7) is 5.27. The van der Waals surface area contributed by atoms with Crippen molar-refractivity contribution in [1.29, 1.82) is 0 Å². The van der Waals surface area contributed by atoms with Crippen LogP contribution in [-0.4, -0.2) is 52.2 Å². The molecule has 0 aliphatic carbocycles. The highest BCUT2D eigenvalue weighted by atomic mass is 32.2. The first kappa shape index (κ1) is 15.1. The topological polar surface area (TPSA) is 62.7 Å². The summed E-state index contributed by atoms with van der Waals surface area (Å²) in [5.74, 6) is 1.69. The van der Waals surface area contributed by atoms with Crippen molar-refractivity contribution in [1.82, 2.24) is 9.88 Å². The van der Waals surface area contributed by atoms with Gasteiger partial charge in [0.1, 0.15) is 11.8 Å². The minimum absolute atomic E-state index is 0.428. The maximum atomic E-state index is 11.3. The number of carboxylic acids is 1. The summed E-state index contributed by atoms with van der Waals surface area (Å²) in [7, 11) is 1.65. The minimum atomic E-state index is -0.756. The second-order valence-electron chi connectivity index (χ2n) is 4.95. The molecule has 1 saturated heterocycles. The third kappa shape index (κ3) is 3.07. The minimum Gasteiger partial charge on any atom is -0.496 e. The number of aryl methyl sites for hydroxylation is 1. The molecule has 2 rings (SSSR count). The lowest BCUT2D eigenvalue weighted by atomic mass is 10.1. The van der Waals surface area contributed by atoms with Gasteiger partial charge in [-0.25, -0.2) is 0 Å². The van der Waals surface area contributed by atoms with E-state index < -0.39 is 12.0 Å². The number of pyridine rings is 1. The fourth-order valence-electron chi connectivity index (χ4n) is 2.48. The molecule has 1 fully saturated rings. The van der Waals surface area contributed by atoms with Gasteiger partial charge in [-0.2, -0.15) is 11.8 Å². The van der Waals surface area contributed by atoms with E-state index in [2.05, 4.69) is 4.98 Å². The zero-order chi connectivity index (χ0) is 14.7. The van der Waals surface area contributed by atoms with Crippen LogP contribution in [0.4, 0.5) is 0 Å². The highest BCUT2D eigenvalue weighted by molar-refractivity contribution is 7.99. The highest BCUT2D eigenvalue weighted by Gasteiger charge is 2.29. The molecular formula is C14H20N2O3S. The zero-order valence-electron chi connectivity index (χ0n) is 12.0. The van der Waals surface area contributed by atoms with Crippen LogP contribution in [-0.2, 0) is 11.3 Å². The Morgan fingerprint density at radius 3 is 3.00 bits per heavy atom. The number of nitrogens with zero attached hydrogens (tertiary/aromatic N) is 2. The molecule has 1 atom stereocenters. The first-order chi connectivity index (χ1) is 9.54. The van der Waals surface area contributed by atoms with E-state index >= 15 is 0 Å². The fourth-order valence-corrected chi connectivity index (χ4v) is 3.58. The molecule has 5 nitrogen and oxygen atoms in total. The van der Waals surface area contributed by atoms with Crippen LogP contribution in [0.3, 0.4) is 0 Å². The first-order valence-corrected chi connectivity index (χ1v) is 7.73. The Kier molecular flexibility index (Phi) is 4.88. The summed E-state index contributed by atoms with van der Waals surface area (Å²) in [5.41, 5.74) is 2.89. The van der Waals surface area contributed by atoms with Gasteiger partial charge in [0, 0.05) is 41.9 Å². The zero-order valence-corrected chi connectivity index (χ0v) is 12.9. The van der Waals surface area contributed by atoms with Crippen LogP contribution in [0.5, 0.6) is 5.75 Å². The molecule has 2 heterocycles. The Balaban J connectivity index is 2.22. The lowest BCUT2D eigenvalue weighted by molar-refractivity contribution is -0.142. The van der Waals surface area contributed by atoms with Crippen molar-refractivity contribution < 1.29 is 14.6 Å². The molecule has 1 unspecified atom stereocenters. The smallest absolute Gasteiger partial charge is 0.321 e. The third-order valence-corrected chi connectivity index (χ3v) is 4.65. The van der Waals surface area contributed by atoms with Gasteiger partial charge in [-0.05, 0) is 13.8 Å². The van der Waals surface area contributed by atoms with Crippen LogP contribution in [0.15, 0.2) is 6.20 Å². The molecule has 20 heavy (non-hydrogen) atoms. The van der Waals surface area contributed by atoms with Crippen molar-refractivity contribution in [2.75, 3.05) is 25.2 Å². The van der Waals surface area contributed by atoms with Crippen LogP contribution in [0.1, 0.15) is 16.8 Å². The van der Waals surface area contributed by atoms with Gasteiger partial charge < -0.3 is 9.84 Å². The molecule has 1 N–H and O–H groups in total. The number of hydrogen-bond donors (Lipinski definition) is 1. The molecule has 0 bridgehead atoms. The van der Waals surface area contributed by atoms with Crippen molar-refractivity contribution in [3.05, 3.63) is 23.0 Å². The summed E-state index contributed by atoms with van der Waals surface area (Å²) in [4.78, 5) is 17.8. The molecule has 1 aliphatic heterocycles. The Morgan fingerprint density at radius 1 is 1.60 bits per heavy atom. The van der Waals surface area contributed by atoms with Crippen LogP contribution in [0.2, 0.25) is 0 Å². The standard InChI is InChI=1S/C14H20N2O3S/c1-9-6-15-11(10(2)13(9)19-3)7-16-4-5-20-8-12(16)14(17)18/h6,12H,4-5,7-8H2,1-3H3,(H,17,18).